The molecule has 1 heterocycles. The Morgan fingerprint density at radius 3 is 2.25 bits per heavy atom. The van der Waals surface area contributed by atoms with E-state index in [9.17, 15) is 4.79 Å². The van der Waals surface area contributed by atoms with Gasteiger partial charge >= 0.3 is 0 Å². The number of hydrogen-bond acceptors (Lipinski definition) is 4. The number of rotatable bonds is 5. The maximum atomic E-state index is 12.4. The first-order valence-electron chi connectivity index (χ1n) is 9.87. The van der Waals surface area contributed by atoms with Crippen LogP contribution >= 0.6 is 0 Å². The van der Waals surface area contributed by atoms with E-state index in [2.05, 4.69) is 54.1 Å². The number of carbonyl (C=O) groups is 1. The molecular weight excluding hydrogens is 350 g/mol. The van der Waals surface area contributed by atoms with E-state index < -0.39 is 0 Å². The summed E-state index contributed by atoms with van der Waals surface area (Å²) in [5, 5.41) is 3.01. The Morgan fingerprint density at radius 2 is 1.64 bits per heavy atom. The molecule has 2 aromatic carbocycles. The molecule has 28 heavy (non-hydrogen) atoms. The lowest BCUT2D eigenvalue weighted by Gasteiger charge is -2.36. The second-order valence-electron chi connectivity index (χ2n) is 8.31. The van der Waals surface area contributed by atoms with Gasteiger partial charge in [0.1, 0.15) is 5.75 Å². The molecule has 2 aromatic rings. The lowest BCUT2D eigenvalue weighted by Crippen LogP contribution is -2.48. The first-order valence-corrected chi connectivity index (χ1v) is 9.87. The highest BCUT2D eigenvalue weighted by atomic mass is 16.5. The Bertz CT molecular complexity index is 788. The number of carbonyl (C=O) groups excluding carboxylic acids is 1. The Morgan fingerprint density at radius 1 is 1.00 bits per heavy atom. The van der Waals surface area contributed by atoms with Crippen molar-refractivity contribution in [1.29, 1.82) is 0 Å². The van der Waals surface area contributed by atoms with Gasteiger partial charge in [0.25, 0.3) is 0 Å². The predicted molar refractivity (Wildman–Crippen MR) is 115 cm³/mol. The fourth-order valence-electron chi connectivity index (χ4n) is 3.50. The van der Waals surface area contributed by atoms with Gasteiger partial charge in [-0.1, -0.05) is 45.0 Å². The number of hydrogen-bond donors (Lipinski definition) is 1. The van der Waals surface area contributed by atoms with Crippen molar-refractivity contribution in [2.45, 2.75) is 26.2 Å². The average Bonchev–Trinajstić information content (AvgIpc) is 2.68. The van der Waals surface area contributed by atoms with E-state index in [1.165, 1.54) is 5.56 Å². The molecule has 0 aromatic heterocycles. The summed E-state index contributed by atoms with van der Waals surface area (Å²) in [6.45, 7) is 10.5. The molecule has 1 aliphatic heterocycles. The van der Waals surface area contributed by atoms with E-state index in [1.807, 2.05) is 30.3 Å². The highest BCUT2D eigenvalue weighted by Crippen LogP contribution is 2.28. The minimum Gasteiger partial charge on any atom is -0.495 e. The minimum atomic E-state index is 0.0363. The Kier molecular flexibility index (Phi) is 6.25. The highest BCUT2D eigenvalue weighted by molar-refractivity contribution is 5.92. The number of piperazine rings is 1. The van der Waals surface area contributed by atoms with E-state index in [4.69, 9.17) is 4.74 Å². The zero-order chi connectivity index (χ0) is 20.1. The van der Waals surface area contributed by atoms with Crippen LogP contribution in [-0.2, 0) is 10.2 Å². The number of methoxy groups -OCH3 is 1. The van der Waals surface area contributed by atoms with Crippen molar-refractivity contribution in [1.82, 2.24) is 4.90 Å². The van der Waals surface area contributed by atoms with Crippen LogP contribution in [0.2, 0.25) is 0 Å². The van der Waals surface area contributed by atoms with Crippen LogP contribution in [0.4, 0.5) is 11.4 Å². The van der Waals surface area contributed by atoms with Gasteiger partial charge in [0.2, 0.25) is 5.91 Å². The van der Waals surface area contributed by atoms with E-state index in [0.717, 1.165) is 43.3 Å². The molecule has 1 saturated heterocycles. The summed E-state index contributed by atoms with van der Waals surface area (Å²) < 4.78 is 5.47. The Balaban J connectivity index is 1.50. The van der Waals surface area contributed by atoms with Gasteiger partial charge < -0.3 is 15.0 Å². The third-order valence-corrected chi connectivity index (χ3v) is 5.20. The van der Waals surface area contributed by atoms with Crippen molar-refractivity contribution < 1.29 is 9.53 Å². The number of amides is 1. The number of benzene rings is 2. The topological polar surface area (TPSA) is 44.8 Å². The number of nitrogens with one attached hydrogen (secondary N) is 1. The van der Waals surface area contributed by atoms with Crippen molar-refractivity contribution in [2.75, 3.05) is 50.1 Å². The molecule has 1 amide bonds. The normalized spacial score (nSPS) is 15.4. The standard InChI is InChI=1S/C23H31N3O2/c1-23(2,3)18-9-11-19(12-10-18)24-22(27)17-25-13-15-26(16-14-25)20-7-5-6-8-21(20)28-4/h5-12H,13-17H2,1-4H3,(H,24,27). The minimum absolute atomic E-state index is 0.0363. The fourth-order valence-corrected chi connectivity index (χ4v) is 3.50. The lowest BCUT2D eigenvalue weighted by atomic mass is 9.87. The molecule has 3 rings (SSSR count). The number of para-hydroxylation sites is 2. The first-order chi connectivity index (χ1) is 13.4. The van der Waals surface area contributed by atoms with Crippen molar-refractivity contribution in [2.24, 2.45) is 0 Å². The van der Waals surface area contributed by atoms with E-state index in [1.54, 1.807) is 7.11 Å². The zero-order valence-corrected chi connectivity index (χ0v) is 17.4. The molecular formula is C23H31N3O2. The van der Waals surface area contributed by atoms with Crippen LogP contribution in [0.5, 0.6) is 5.75 Å². The van der Waals surface area contributed by atoms with Gasteiger partial charge in [0.15, 0.2) is 0 Å². The second-order valence-corrected chi connectivity index (χ2v) is 8.31. The van der Waals surface area contributed by atoms with Crippen LogP contribution in [-0.4, -0.2) is 50.6 Å². The monoisotopic (exact) mass is 381 g/mol. The molecule has 1 aliphatic rings. The molecule has 1 fully saturated rings. The van der Waals surface area contributed by atoms with E-state index >= 15 is 0 Å². The van der Waals surface area contributed by atoms with Crippen molar-refractivity contribution in [3.8, 4) is 5.75 Å². The lowest BCUT2D eigenvalue weighted by molar-refractivity contribution is -0.117. The maximum absolute atomic E-state index is 12.4. The summed E-state index contributed by atoms with van der Waals surface area (Å²) in [7, 11) is 1.70. The molecule has 5 heteroatoms. The molecule has 150 valence electrons. The molecule has 1 N–H and O–H groups in total. The third kappa shape index (κ3) is 5.04. The van der Waals surface area contributed by atoms with Crippen LogP contribution in [0.3, 0.4) is 0 Å². The molecule has 0 radical (unpaired) electrons. The summed E-state index contributed by atoms with van der Waals surface area (Å²) in [6, 6.07) is 16.2. The summed E-state index contributed by atoms with van der Waals surface area (Å²) in [4.78, 5) is 16.9. The molecule has 0 atom stereocenters. The van der Waals surface area contributed by atoms with Crippen LogP contribution in [0, 0.1) is 0 Å². The van der Waals surface area contributed by atoms with Crippen LogP contribution in [0.25, 0.3) is 0 Å². The molecule has 0 bridgehead atoms. The van der Waals surface area contributed by atoms with Crippen molar-refractivity contribution in [3.63, 3.8) is 0 Å². The van der Waals surface area contributed by atoms with Gasteiger partial charge in [0.05, 0.1) is 19.3 Å². The second kappa shape index (κ2) is 8.65. The number of nitrogens with zero attached hydrogens (tertiary/aromatic N) is 2. The van der Waals surface area contributed by atoms with Gasteiger partial charge in [-0.2, -0.15) is 0 Å². The zero-order valence-electron chi connectivity index (χ0n) is 17.4. The average molecular weight is 382 g/mol. The fraction of sp³-hybridized carbons (Fsp3) is 0.435. The maximum Gasteiger partial charge on any atom is 0.238 e. The van der Waals surface area contributed by atoms with Crippen LogP contribution in [0.15, 0.2) is 48.5 Å². The molecule has 0 saturated carbocycles. The van der Waals surface area contributed by atoms with Gasteiger partial charge in [-0.3, -0.25) is 9.69 Å². The summed E-state index contributed by atoms with van der Waals surface area (Å²) in [6.07, 6.45) is 0. The molecule has 5 nitrogen and oxygen atoms in total. The molecule has 0 unspecified atom stereocenters. The quantitative estimate of drug-likeness (QED) is 0.857. The smallest absolute Gasteiger partial charge is 0.238 e. The molecule has 0 aliphatic carbocycles. The summed E-state index contributed by atoms with van der Waals surface area (Å²) in [5.74, 6) is 0.932. The summed E-state index contributed by atoms with van der Waals surface area (Å²) >= 11 is 0. The van der Waals surface area contributed by atoms with Gasteiger partial charge in [0, 0.05) is 31.9 Å². The Labute approximate surface area is 168 Å². The highest BCUT2D eigenvalue weighted by Gasteiger charge is 2.21. The van der Waals surface area contributed by atoms with Gasteiger partial charge in [-0.25, -0.2) is 0 Å². The predicted octanol–water partition coefficient (Wildman–Crippen LogP) is 3.75. The SMILES string of the molecule is COc1ccccc1N1CCN(CC(=O)Nc2ccc(C(C)(C)C)cc2)CC1. The van der Waals surface area contributed by atoms with Crippen molar-refractivity contribution in [3.05, 3.63) is 54.1 Å². The van der Waals surface area contributed by atoms with Crippen LogP contribution < -0.4 is 15.0 Å². The summed E-state index contributed by atoms with van der Waals surface area (Å²) in [5.41, 5.74) is 3.35. The van der Waals surface area contributed by atoms with E-state index in [-0.39, 0.29) is 11.3 Å². The van der Waals surface area contributed by atoms with Crippen molar-refractivity contribution >= 4 is 17.3 Å². The van der Waals surface area contributed by atoms with Crippen LogP contribution in [0.1, 0.15) is 26.3 Å². The van der Waals surface area contributed by atoms with Gasteiger partial charge in [-0.15, -0.1) is 0 Å². The largest absolute Gasteiger partial charge is 0.495 e. The Hall–Kier alpha value is -2.53. The number of ether oxygens (including phenoxy) is 1. The number of anilines is 2. The molecule has 0 spiro atoms. The van der Waals surface area contributed by atoms with Gasteiger partial charge in [-0.05, 0) is 35.2 Å². The van der Waals surface area contributed by atoms with E-state index in [0.29, 0.717) is 6.54 Å². The third-order valence-electron chi connectivity index (χ3n) is 5.20. The first kappa shape index (κ1) is 20.2.